The molecule has 1 aliphatic heterocycles. The quantitative estimate of drug-likeness (QED) is 0.440. The number of ether oxygens (including phenoxy) is 4. The molecule has 7 nitrogen and oxygen atoms in total. The highest BCUT2D eigenvalue weighted by Gasteiger charge is 2.28. The van der Waals surface area contributed by atoms with Gasteiger partial charge in [0, 0.05) is 35.8 Å². The maximum Gasteiger partial charge on any atom is 0.344 e. The van der Waals surface area contributed by atoms with Crippen molar-refractivity contribution in [3.8, 4) is 17.2 Å². The molecule has 0 fully saturated rings. The molecule has 1 aromatic heterocycles. The number of methoxy groups -OCH3 is 1. The van der Waals surface area contributed by atoms with E-state index in [4.69, 9.17) is 18.9 Å². The molecule has 2 aromatic carbocycles. The summed E-state index contributed by atoms with van der Waals surface area (Å²) >= 11 is 0. The first-order valence-corrected chi connectivity index (χ1v) is 9.89. The van der Waals surface area contributed by atoms with Crippen LogP contribution in [0.25, 0.3) is 17.0 Å². The molecular formula is C24H23NO6. The van der Waals surface area contributed by atoms with Gasteiger partial charge in [-0.3, -0.25) is 4.79 Å². The summed E-state index contributed by atoms with van der Waals surface area (Å²) in [7, 11) is 3.56. The second-order valence-electron chi connectivity index (χ2n) is 7.50. The predicted molar refractivity (Wildman–Crippen MR) is 116 cm³/mol. The summed E-state index contributed by atoms with van der Waals surface area (Å²) in [5.41, 5.74) is 2.31. The Labute approximate surface area is 179 Å². The van der Waals surface area contributed by atoms with Gasteiger partial charge in [0.05, 0.1) is 18.8 Å². The standard InChI is InChI=1S/C24H23NO6/c1-14(2)30-23(26)13-29-17-5-7-18-21(11-17)31-22(24(18)27)9-15-12-25(3)20-8-6-16(28-4)10-19(15)20/h5-12,14H,13H2,1-4H3/b22-9-. The third-order valence-corrected chi connectivity index (χ3v) is 4.88. The van der Waals surface area contributed by atoms with Gasteiger partial charge in [0.15, 0.2) is 12.4 Å². The third kappa shape index (κ3) is 4.12. The molecule has 0 bridgehead atoms. The van der Waals surface area contributed by atoms with Gasteiger partial charge in [-0.15, -0.1) is 0 Å². The SMILES string of the molecule is COc1ccc2c(c1)c(/C=C1\Oc3cc(OCC(=O)OC(C)C)ccc3C1=O)cn2C. The Morgan fingerprint density at radius 3 is 2.68 bits per heavy atom. The summed E-state index contributed by atoms with van der Waals surface area (Å²) in [5.74, 6) is 1.10. The number of rotatable bonds is 6. The van der Waals surface area contributed by atoms with E-state index in [0.717, 1.165) is 22.2 Å². The normalized spacial score (nSPS) is 14.1. The lowest BCUT2D eigenvalue weighted by molar-refractivity contribution is -0.149. The number of aromatic nitrogens is 1. The van der Waals surface area contributed by atoms with Gasteiger partial charge in [-0.25, -0.2) is 4.79 Å². The summed E-state index contributed by atoms with van der Waals surface area (Å²) in [6.45, 7) is 3.32. The Morgan fingerprint density at radius 1 is 1.16 bits per heavy atom. The zero-order valence-electron chi connectivity index (χ0n) is 17.8. The van der Waals surface area contributed by atoms with Crippen LogP contribution in [0.2, 0.25) is 0 Å². The number of hydrogen-bond donors (Lipinski definition) is 0. The number of ketones is 1. The minimum Gasteiger partial charge on any atom is -0.497 e. The molecule has 4 rings (SSSR count). The number of allylic oxidation sites excluding steroid dienone is 1. The van der Waals surface area contributed by atoms with Gasteiger partial charge in [0.25, 0.3) is 0 Å². The first kappa shape index (κ1) is 20.5. The van der Waals surface area contributed by atoms with Crippen molar-refractivity contribution in [3.05, 3.63) is 59.5 Å². The number of aryl methyl sites for hydroxylation is 1. The summed E-state index contributed by atoms with van der Waals surface area (Å²) in [6.07, 6.45) is 3.45. The van der Waals surface area contributed by atoms with Crippen LogP contribution >= 0.6 is 0 Å². The topological polar surface area (TPSA) is 76.0 Å². The van der Waals surface area contributed by atoms with E-state index in [2.05, 4.69) is 0 Å². The Balaban J connectivity index is 1.57. The van der Waals surface area contributed by atoms with Crippen LogP contribution in [-0.4, -0.2) is 36.1 Å². The van der Waals surface area contributed by atoms with E-state index in [9.17, 15) is 9.59 Å². The monoisotopic (exact) mass is 421 g/mol. The lowest BCUT2D eigenvalue weighted by Crippen LogP contribution is -2.18. The Hall–Kier alpha value is -3.74. The molecule has 7 heteroatoms. The number of esters is 1. The zero-order chi connectivity index (χ0) is 22.1. The van der Waals surface area contributed by atoms with Gasteiger partial charge in [-0.05, 0) is 50.3 Å². The smallest absolute Gasteiger partial charge is 0.344 e. The highest BCUT2D eigenvalue weighted by atomic mass is 16.6. The highest BCUT2D eigenvalue weighted by Crippen LogP contribution is 2.36. The van der Waals surface area contributed by atoms with Crippen molar-refractivity contribution >= 4 is 28.7 Å². The van der Waals surface area contributed by atoms with E-state index in [1.54, 1.807) is 45.2 Å². The van der Waals surface area contributed by atoms with Gasteiger partial charge < -0.3 is 23.5 Å². The predicted octanol–water partition coefficient (Wildman–Crippen LogP) is 4.13. The fourth-order valence-corrected chi connectivity index (χ4v) is 3.48. The molecule has 0 radical (unpaired) electrons. The largest absolute Gasteiger partial charge is 0.497 e. The summed E-state index contributed by atoms with van der Waals surface area (Å²) in [6, 6.07) is 10.7. The first-order chi connectivity index (χ1) is 14.9. The molecule has 0 unspecified atom stereocenters. The van der Waals surface area contributed by atoms with E-state index in [1.165, 1.54) is 0 Å². The van der Waals surface area contributed by atoms with Crippen LogP contribution in [0, 0.1) is 0 Å². The van der Waals surface area contributed by atoms with Crippen molar-refractivity contribution in [2.24, 2.45) is 7.05 Å². The number of fused-ring (bicyclic) bond motifs is 2. The molecule has 0 saturated carbocycles. The summed E-state index contributed by atoms with van der Waals surface area (Å²) in [4.78, 5) is 24.5. The average Bonchev–Trinajstić information content (AvgIpc) is 3.22. The van der Waals surface area contributed by atoms with Gasteiger partial charge in [-0.1, -0.05) is 0 Å². The molecule has 0 atom stereocenters. The molecule has 3 aromatic rings. The van der Waals surface area contributed by atoms with Crippen molar-refractivity contribution in [2.45, 2.75) is 20.0 Å². The molecular weight excluding hydrogens is 398 g/mol. The van der Waals surface area contributed by atoms with Crippen molar-refractivity contribution in [1.82, 2.24) is 4.57 Å². The summed E-state index contributed by atoms with van der Waals surface area (Å²) in [5, 5.41) is 0.953. The van der Waals surface area contributed by atoms with E-state index >= 15 is 0 Å². The van der Waals surface area contributed by atoms with Crippen molar-refractivity contribution in [2.75, 3.05) is 13.7 Å². The molecule has 160 valence electrons. The van der Waals surface area contributed by atoms with Crippen molar-refractivity contribution < 1.29 is 28.5 Å². The minimum absolute atomic E-state index is 0.208. The van der Waals surface area contributed by atoms with Gasteiger partial charge in [0.1, 0.15) is 17.2 Å². The van der Waals surface area contributed by atoms with Crippen LogP contribution in [0.3, 0.4) is 0 Å². The van der Waals surface area contributed by atoms with Gasteiger partial charge in [0.2, 0.25) is 5.78 Å². The van der Waals surface area contributed by atoms with E-state index < -0.39 is 5.97 Å². The lowest BCUT2D eigenvalue weighted by Gasteiger charge is -2.09. The average molecular weight is 421 g/mol. The minimum atomic E-state index is -0.459. The second-order valence-corrected chi connectivity index (χ2v) is 7.50. The Kier molecular flexibility index (Phi) is 5.42. The summed E-state index contributed by atoms with van der Waals surface area (Å²) < 4.78 is 23.7. The molecule has 0 N–H and O–H groups in total. The van der Waals surface area contributed by atoms with Gasteiger partial charge in [-0.2, -0.15) is 0 Å². The zero-order valence-corrected chi connectivity index (χ0v) is 17.8. The fourth-order valence-electron chi connectivity index (χ4n) is 3.48. The van der Waals surface area contributed by atoms with Gasteiger partial charge >= 0.3 is 5.97 Å². The molecule has 31 heavy (non-hydrogen) atoms. The highest BCUT2D eigenvalue weighted by molar-refractivity contribution is 6.15. The second kappa shape index (κ2) is 8.18. The number of hydrogen-bond acceptors (Lipinski definition) is 6. The third-order valence-electron chi connectivity index (χ3n) is 4.88. The maximum atomic E-state index is 12.8. The number of carbonyl (C=O) groups is 2. The van der Waals surface area contributed by atoms with E-state index in [-0.39, 0.29) is 24.3 Å². The number of nitrogens with zero attached hydrogens (tertiary/aromatic N) is 1. The molecule has 0 saturated heterocycles. The Morgan fingerprint density at radius 2 is 1.94 bits per heavy atom. The number of carbonyl (C=O) groups excluding carboxylic acids is 2. The van der Waals surface area contributed by atoms with Crippen LogP contribution in [0.15, 0.2) is 48.4 Å². The van der Waals surface area contributed by atoms with Crippen LogP contribution in [0.1, 0.15) is 29.8 Å². The van der Waals surface area contributed by atoms with Crippen LogP contribution in [0.4, 0.5) is 0 Å². The Bertz CT molecular complexity index is 1200. The number of benzene rings is 2. The fraction of sp³-hybridized carbons (Fsp3) is 0.250. The molecule has 2 heterocycles. The number of Topliss-reactive ketones (excluding diaryl/α,β-unsaturated/α-hetero) is 1. The van der Waals surface area contributed by atoms with Crippen molar-refractivity contribution in [3.63, 3.8) is 0 Å². The lowest BCUT2D eigenvalue weighted by atomic mass is 10.1. The first-order valence-electron chi connectivity index (χ1n) is 9.89. The van der Waals surface area contributed by atoms with Crippen LogP contribution in [-0.2, 0) is 16.6 Å². The maximum absolute atomic E-state index is 12.8. The van der Waals surface area contributed by atoms with Crippen molar-refractivity contribution in [1.29, 1.82) is 0 Å². The molecule has 0 aliphatic carbocycles. The molecule has 1 aliphatic rings. The van der Waals surface area contributed by atoms with E-state index in [0.29, 0.717) is 17.1 Å². The van der Waals surface area contributed by atoms with Crippen LogP contribution < -0.4 is 14.2 Å². The van der Waals surface area contributed by atoms with E-state index in [1.807, 2.05) is 36.0 Å². The van der Waals surface area contributed by atoms with Crippen LogP contribution in [0.5, 0.6) is 17.2 Å². The molecule has 0 amide bonds. The molecule has 0 spiro atoms.